The minimum Gasteiger partial charge on any atom is -0.294 e. The second-order valence-corrected chi connectivity index (χ2v) is 5.14. The van der Waals surface area contributed by atoms with E-state index in [2.05, 4.69) is 4.98 Å². The molecule has 1 aliphatic rings. The molecule has 1 atom stereocenters. The summed E-state index contributed by atoms with van der Waals surface area (Å²) in [7, 11) is 0. The van der Waals surface area contributed by atoms with Crippen molar-refractivity contribution in [2.24, 2.45) is 0 Å². The first-order valence-corrected chi connectivity index (χ1v) is 6.49. The fourth-order valence-corrected chi connectivity index (χ4v) is 2.83. The number of nitrogens with zero attached hydrogens (tertiary/aromatic N) is 1. The lowest BCUT2D eigenvalue weighted by Gasteiger charge is -2.24. The van der Waals surface area contributed by atoms with Crippen LogP contribution in [0.2, 0.25) is 0 Å². The molecular weight excluding hydrogens is 260 g/mol. The van der Waals surface area contributed by atoms with Crippen molar-refractivity contribution < 1.29 is 13.6 Å². The first-order valence-electron chi connectivity index (χ1n) is 6.49. The number of aromatic nitrogens is 1. The maximum atomic E-state index is 13.8. The number of carbonyl (C=O) groups is 1. The van der Waals surface area contributed by atoms with Gasteiger partial charge in [-0.3, -0.25) is 9.78 Å². The summed E-state index contributed by atoms with van der Waals surface area (Å²) in [5.74, 6) is -1.36. The number of pyridine rings is 1. The lowest BCUT2D eigenvalue weighted by molar-refractivity contribution is 0.0962. The van der Waals surface area contributed by atoms with Gasteiger partial charge in [-0.2, -0.15) is 0 Å². The van der Waals surface area contributed by atoms with Gasteiger partial charge in [-0.15, -0.1) is 0 Å². The van der Waals surface area contributed by atoms with Crippen LogP contribution in [0.15, 0.2) is 30.5 Å². The van der Waals surface area contributed by atoms with Crippen LogP contribution in [-0.4, -0.2) is 10.8 Å². The summed E-state index contributed by atoms with van der Waals surface area (Å²) in [4.78, 5) is 16.5. The smallest absolute Gasteiger partial charge is 0.165 e. The fraction of sp³-hybridized carbons (Fsp3) is 0.250. The molecule has 0 bridgehead atoms. The Balaban J connectivity index is 2.04. The van der Waals surface area contributed by atoms with E-state index in [4.69, 9.17) is 0 Å². The Bertz CT molecular complexity index is 697. The number of rotatable bonds is 1. The number of ketones is 1. The molecule has 1 aromatic heterocycles. The maximum Gasteiger partial charge on any atom is 0.165 e. The molecule has 0 fully saturated rings. The second kappa shape index (κ2) is 4.78. The Morgan fingerprint density at radius 3 is 2.80 bits per heavy atom. The Hall–Kier alpha value is -2.10. The van der Waals surface area contributed by atoms with Gasteiger partial charge < -0.3 is 0 Å². The SMILES string of the molecule is Cc1ccnc2c1C(=O)CC(c1cc(F)ccc1F)C2. The summed E-state index contributed by atoms with van der Waals surface area (Å²) in [6, 6.07) is 5.15. The van der Waals surface area contributed by atoms with Crippen LogP contribution in [0.5, 0.6) is 0 Å². The summed E-state index contributed by atoms with van der Waals surface area (Å²) < 4.78 is 27.1. The van der Waals surface area contributed by atoms with E-state index in [1.54, 1.807) is 12.3 Å². The van der Waals surface area contributed by atoms with E-state index in [1.165, 1.54) is 6.07 Å². The quantitative estimate of drug-likeness (QED) is 0.795. The van der Waals surface area contributed by atoms with Crippen molar-refractivity contribution in [3.8, 4) is 0 Å². The van der Waals surface area contributed by atoms with Crippen molar-refractivity contribution in [3.63, 3.8) is 0 Å². The molecule has 0 saturated heterocycles. The average molecular weight is 273 g/mol. The van der Waals surface area contributed by atoms with Gasteiger partial charge in [0.25, 0.3) is 0 Å². The number of hydrogen-bond donors (Lipinski definition) is 0. The highest BCUT2D eigenvalue weighted by molar-refractivity contribution is 6.00. The van der Waals surface area contributed by atoms with Crippen molar-refractivity contribution >= 4 is 5.78 Å². The molecule has 2 nitrogen and oxygen atoms in total. The van der Waals surface area contributed by atoms with Gasteiger partial charge in [0, 0.05) is 18.2 Å². The molecular formula is C16H13F2NO. The highest BCUT2D eigenvalue weighted by atomic mass is 19.1. The van der Waals surface area contributed by atoms with Gasteiger partial charge in [0.15, 0.2) is 5.78 Å². The van der Waals surface area contributed by atoms with Crippen molar-refractivity contribution in [2.45, 2.75) is 25.7 Å². The molecule has 2 aromatic rings. The van der Waals surface area contributed by atoms with Crippen LogP contribution in [0.3, 0.4) is 0 Å². The third kappa shape index (κ3) is 2.11. The van der Waals surface area contributed by atoms with Gasteiger partial charge in [-0.25, -0.2) is 8.78 Å². The zero-order valence-electron chi connectivity index (χ0n) is 11.0. The van der Waals surface area contributed by atoms with Crippen LogP contribution in [0, 0.1) is 18.6 Å². The molecule has 1 aromatic carbocycles. The number of carbonyl (C=O) groups excluding carboxylic acids is 1. The minimum atomic E-state index is -0.489. The molecule has 1 aliphatic carbocycles. The number of benzene rings is 1. The van der Waals surface area contributed by atoms with Gasteiger partial charge in [-0.1, -0.05) is 0 Å². The minimum absolute atomic E-state index is 0.0505. The van der Waals surface area contributed by atoms with E-state index < -0.39 is 11.6 Å². The summed E-state index contributed by atoms with van der Waals surface area (Å²) in [6.07, 6.45) is 2.30. The van der Waals surface area contributed by atoms with Crippen LogP contribution in [0.25, 0.3) is 0 Å². The van der Waals surface area contributed by atoms with E-state index in [9.17, 15) is 13.6 Å². The third-order valence-electron chi connectivity index (χ3n) is 3.79. The number of Topliss-reactive ketones (excluding diaryl/α,β-unsaturated/α-hetero) is 1. The predicted molar refractivity (Wildman–Crippen MR) is 70.7 cm³/mol. The molecule has 102 valence electrons. The van der Waals surface area contributed by atoms with Gasteiger partial charge in [0.1, 0.15) is 11.6 Å². The highest BCUT2D eigenvalue weighted by Gasteiger charge is 2.30. The van der Waals surface area contributed by atoms with Crippen molar-refractivity contribution in [1.29, 1.82) is 0 Å². The molecule has 0 N–H and O–H groups in total. The summed E-state index contributed by atoms with van der Waals surface area (Å²) in [5, 5.41) is 0. The van der Waals surface area contributed by atoms with Crippen molar-refractivity contribution in [3.05, 3.63) is 64.5 Å². The Morgan fingerprint density at radius 1 is 1.20 bits per heavy atom. The molecule has 3 rings (SSSR count). The molecule has 0 radical (unpaired) electrons. The molecule has 0 aliphatic heterocycles. The number of fused-ring (bicyclic) bond motifs is 1. The molecule has 4 heteroatoms. The van der Waals surface area contributed by atoms with Crippen LogP contribution in [0.1, 0.15) is 39.5 Å². The zero-order chi connectivity index (χ0) is 14.3. The van der Waals surface area contributed by atoms with Crippen LogP contribution in [0.4, 0.5) is 8.78 Å². The Morgan fingerprint density at radius 2 is 2.00 bits per heavy atom. The normalized spacial score (nSPS) is 17.9. The molecule has 1 unspecified atom stereocenters. The monoisotopic (exact) mass is 273 g/mol. The average Bonchev–Trinajstić information content (AvgIpc) is 2.41. The van der Waals surface area contributed by atoms with Gasteiger partial charge in [-0.05, 0) is 54.7 Å². The molecule has 20 heavy (non-hydrogen) atoms. The number of halogens is 2. The molecule has 0 spiro atoms. The van der Waals surface area contributed by atoms with E-state index >= 15 is 0 Å². The van der Waals surface area contributed by atoms with Crippen LogP contribution >= 0.6 is 0 Å². The fourth-order valence-electron chi connectivity index (χ4n) is 2.83. The number of aryl methyl sites for hydroxylation is 1. The van der Waals surface area contributed by atoms with Gasteiger partial charge >= 0.3 is 0 Å². The van der Waals surface area contributed by atoms with E-state index in [-0.39, 0.29) is 23.7 Å². The molecule has 0 amide bonds. The zero-order valence-corrected chi connectivity index (χ0v) is 11.0. The van der Waals surface area contributed by atoms with Crippen LogP contribution in [-0.2, 0) is 6.42 Å². The summed E-state index contributed by atoms with van der Waals surface area (Å²) in [6.45, 7) is 1.86. The van der Waals surface area contributed by atoms with Gasteiger partial charge in [0.05, 0.1) is 5.69 Å². The van der Waals surface area contributed by atoms with Gasteiger partial charge in [0.2, 0.25) is 0 Å². The first kappa shape index (κ1) is 12.9. The Kier molecular flexibility index (Phi) is 3.08. The Labute approximate surface area is 115 Å². The predicted octanol–water partition coefficient (Wildman–Crippen LogP) is 3.58. The lowest BCUT2D eigenvalue weighted by Crippen LogP contribution is -2.22. The summed E-state index contributed by atoms with van der Waals surface area (Å²) in [5.41, 5.74) is 2.46. The second-order valence-electron chi connectivity index (χ2n) is 5.14. The molecule has 1 heterocycles. The third-order valence-corrected chi connectivity index (χ3v) is 3.79. The topological polar surface area (TPSA) is 30.0 Å². The number of hydrogen-bond acceptors (Lipinski definition) is 2. The van der Waals surface area contributed by atoms with E-state index in [0.29, 0.717) is 17.7 Å². The maximum absolute atomic E-state index is 13.8. The summed E-state index contributed by atoms with van der Waals surface area (Å²) >= 11 is 0. The van der Waals surface area contributed by atoms with Crippen LogP contribution < -0.4 is 0 Å². The highest BCUT2D eigenvalue weighted by Crippen LogP contribution is 2.34. The largest absolute Gasteiger partial charge is 0.294 e. The van der Waals surface area contributed by atoms with E-state index in [0.717, 1.165) is 17.7 Å². The van der Waals surface area contributed by atoms with Crippen molar-refractivity contribution in [1.82, 2.24) is 4.98 Å². The molecule has 0 saturated carbocycles. The lowest BCUT2D eigenvalue weighted by atomic mass is 9.80. The standard InChI is InChI=1S/C16H13F2NO/c1-9-4-5-19-14-6-10(7-15(20)16(9)14)12-8-11(17)2-3-13(12)18/h2-5,8,10H,6-7H2,1H3. The first-order chi connectivity index (χ1) is 9.56. The van der Waals surface area contributed by atoms with E-state index in [1.807, 2.05) is 6.92 Å². The van der Waals surface area contributed by atoms with Crippen molar-refractivity contribution in [2.75, 3.05) is 0 Å².